The summed E-state index contributed by atoms with van der Waals surface area (Å²) in [6.07, 6.45) is 6.45. The molecule has 1 aliphatic carbocycles. The number of aromatic nitrogens is 5. The highest BCUT2D eigenvalue weighted by molar-refractivity contribution is 5.79. The number of piperidine rings is 1. The largest absolute Gasteiger partial charge is 0.355 e. The van der Waals surface area contributed by atoms with Crippen molar-refractivity contribution in [3.8, 4) is 0 Å². The molecule has 1 aromatic carbocycles. The number of carbonyl (C=O) groups is 1. The molecule has 156 valence electrons. The molecule has 0 unspecified atom stereocenters. The highest BCUT2D eigenvalue weighted by atomic mass is 16.1. The number of amides is 1. The van der Waals surface area contributed by atoms with Crippen molar-refractivity contribution in [1.29, 1.82) is 0 Å². The zero-order valence-electron chi connectivity index (χ0n) is 17.1. The van der Waals surface area contributed by atoms with Crippen molar-refractivity contribution in [3.05, 3.63) is 48.0 Å². The molecule has 2 aliphatic rings. The molecule has 3 aromatic rings. The van der Waals surface area contributed by atoms with E-state index in [-0.39, 0.29) is 17.2 Å². The van der Waals surface area contributed by atoms with Crippen molar-refractivity contribution in [2.75, 3.05) is 24.5 Å². The summed E-state index contributed by atoms with van der Waals surface area (Å²) in [5.41, 5.74) is 2.09. The van der Waals surface area contributed by atoms with Crippen LogP contribution >= 0.6 is 0 Å². The molecule has 2 aromatic heterocycles. The first-order chi connectivity index (χ1) is 14.7. The Labute approximate surface area is 175 Å². The minimum Gasteiger partial charge on any atom is -0.355 e. The summed E-state index contributed by atoms with van der Waals surface area (Å²) in [4.78, 5) is 15.1. The van der Waals surface area contributed by atoms with E-state index in [0.717, 1.165) is 51.1 Å². The first-order valence-electron chi connectivity index (χ1n) is 10.9. The second-order valence-electron chi connectivity index (χ2n) is 8.55. The maximum absolute atomic E-state index is 12.9. The summed E-state index contributed by atoms with van der Waals surface area (Å²) in [7, 11) is 0. The van der Waals surface area contributed by atoms with Crippen LogP contribution in [0.1, 0.15) is 44.1 Å². The number of hydrogen-bond donors (Lipinski definition) is 1. The number of carbonyl (C=O) groups excluding carboxylic acids is 1. The lowest BCUT2D eigenvalue weighted by atomic mass is 9.78. The Kier molecular flexibility index (Phi) is 5.06. The summed E-state index contributed by atoms with van der Waals surface area (Å²) in [5.74, 6) is 1.11. The molecule has 8 nitrogen and oxygen atoms in total. The first-order valence-corrected chi connectivity index (χ1v) is 10.9. The van der Waals surface area contributed by atoms with Crippen LogP contribution in [0.15, 0.2) is 42.5 Å². The number of nitrogens with zero attached hydrogens (tertiary/aromatic N) is 6. The Hall–Kier alpha value is -3.03. The summed E-state index contributed by atoms with van der Waals surface area (Å²) in [6, 6.07) is 14.5. The molecule has 1 saturated heterocycles. The third-order valence-corrected chi connectivity index (χ3v) is 6.79. The third-order valence-electron chi connectivity index (χ3n) is 6.79. The van der Waals surface area contributed by atoms with Crippen LogP contribution in [-0.4, -0.2) is 50.8 Å². The van der Waals surface area contributed by atoms with E-state index in [2.05, 4.69) is 61.2 Å². The number of fused-ring (bicyclic) bond motifs is 1. The molecule has 0 radical (unpaired) electrons. The SMILES string of the molecule is O=C(NCC1(c2ccccc2)CCCC1)C1CCN(c2ccc3nnnn3n2)CC1. The second kappa shape index (κ2) is 8.01. The van der Waals surface area contributed by atoms with E-state index < -0.39 is 0 Å². The van der Waals surface area contributed by atoms with Crippen molar-refractivity contribution < 1.29 is 4.79 Å². The topological polar surface area (TPSA) is 88.3 Å². The van der Waals surface area contributed by atoms with Gasteiger partial charge in [-0.05, 0) is 53.8 Å². The minimum atomic E-state index is 0.0623. The maximum atomic E-state index is 12.9. The van der Waals surface area contributed by atoms with Gasteiger partial charge in [0, 0.05) is 31.0 Å². The fraction of sp³-hybridized carbons (Fsp3) is 0.500. The Morgan fingerprint density at radius 1 is 1.07 bits per heavy atom. The lowest BCUT2D eigenvalue weighted by Gasteiger charge is -2.34. The highest BCUT2D eigenvalue weighted by Gasteiger charge is 2.36. The number of nitrogens with one attached hydrogen (secondary N) is 1. The zero-order chi connectivity index (χ0) is 20.4. The van der Waals surface area contributed by atoms with Gasteiger partial charge in [0.1, 0.15) is 0 Å². The summed E-state index contributed by atoms with van der Waals surface area (Å²) in [6.45, 7) is 2.36. The van der Waals surface area contributed by atoms with Crippen LogP contribution in [0.25, 0.3) is 5.65 Å². The van der Waals surface area contributed by atoms with Crippen LogP contribution in [0, 0.1) is 5.92 Å². The van der Waals surface area contributed by atoms with E-state index in [1.807, 2.05) is 12.1 Å². The van der Waals surface area contributed by atoms with E-state index in [0.29, 0.717) is 5.65 Å². The van der Waals surface area contributed by atoms with Crippen LogP contribution in [0.3, 0.4) is 0 Å². The van der Waals surface area contributed by atoms with Crippen molar-refractivity contribution in [2.45, 2.75) is 43.9 Å². The highest BCUT2D eigenvalue weighted by Crippen LogP contribution is 2.40. The summed E-state index contributed by atoms with van der Waals surface area (Å²) in [5, 5.41) is 19.2. The lowest BCUT2D eigenvalue weighted by Crippen LogP contribution is -2.45. The van der Waals surface area contributed by atoms with Gasteiger partial charge in [-0.1, -0.05) is 43.2 Å². The number of benzene rings is 1. The molecule has 5 rings (SSSR count). The van der Waals surface area contributed by atoms with Gasteiger partial charge in [0.25, 0.3) is 0 Å². The predicted octanol–water partition coefficient (Wildman–Crippen LogP) is 2.36. The Morgan fingerprint density at radius 3 is 2.60 bits per heavy atom. The molecule has 8 heteroatoms. The van der Waals surface area contributed by atoms with E-state index >= 15 is 0 Å². The van der Waals surface area contributed by atoms with Crippen LogP contribution in [0.2, 0.25) is 0 Å². The second-order valence-corrected chi connectivity index (χ2v) is 8.55. The molecular weight excluding hydrogens is 378 g/mol. The molecule has 1 saturated carbocycles. The summed E-state index contributed by atoms with van der Waals surface area (Å²) < 4.78 is 1.44. The molecule has 1 amide bonds. The molecule has 0 atom stereocenters. The predicted molar refractivity (Wildman–Crippen MR) is 113 cm³/mol. The average molecular weight is 406 g/mol. The summed E-state index contributed by atoms with van der Waals surface area (Å²) >= 11 is 0. The smallest absolute Gasteiger partial charge is 0.223 e. The molecule has 30 heavy (non-hydrogen) atoms. The van der Waals surface area contributed by atoms with E-state index in [1.165, 1.54) is 23.0 Å². The van der Waals surface area contributed by atoms with Gasteiger partial charge in [-0.3, -0.25) is 4.79 Å². The van der Waals surface area contributed by atoms with Crippen molar-refractivity contribution in [3.63, 3.8) is 0 Å². The number of hydrogen-bond acceptors (Lipinski definition) is 6. The quantitative estimate of drug-likeness (QED) is 0.701. The van der Waals surface area contributed by atoms with Crippen LogP contribution in [-0.2, 0) is 10.2 Å². The third kappa shape index (κ3) is 3.62. The van der Waals surface area contributed by atoms with E-state index in [4.69, 9.17) is 0 Å². The van der Waals surface area contributed by atoms with E-state index in [1.54, 1.807) is 0 Å². The number of rotatable bonds is 5. The van der Waals surface area contributed by atoms with Gasteiger partial charge in [-0.15, -0.1) is 14.8 Å². The Bertz CT molecular complexity index is 1000. The molecule has 0 spiro atoms. The van der Waals surface area contributed by atoms with Gasteiger partial charge in [0.05, 0.1) is 0 Å². The van der Waals surface area contributed by atoms with Gasteiger partial charge in [0.15, 0.2) is 11.5 Å². The fourth-order valence-electron chi connectivity index (χ4n) is 4.99. The molecule has 1 N–H and O–H groups in total. The Morgan fingerprint density at radius 2 is 1.83 bits per heavy atom. The normalized spacial score (nSPS) is 19.3. The molecule has 0 bridgehead atoms. The fourth-order valence-corrected chi connectivity index (χ4v) is 4.99. The van der Waals surface area contributed by atoms with E-state index in [9.17, 15) is 4.79 Å². The molecule has 2 fully saturated rings. The van der Waals surface area contributed by atoms with Crippen LogP contribution in [0.4, 0.5) is 5.82 Å². The molecular formula is C22H27N7O. The Balaban J connectivity index is 1.18. The van der Waals surface area contributed by atoms with Gasteiger partial charge in [-0.2, -0.15) is 0 Å². The van der Waals surface area contributed by atoms with Gasteiger partial charge < -0.3 is 10.2 Å². The van der Waals surface area contributed by atoms with Crippen LogP contribution in [0.5, 0.6) is 0 Å². The maximum Gasteiger partial charge on any atom is 0.223 e. The average Bonchev–Trinajstić information content (AvgIpc) is 3.48. The van der Waals surface area contributed by atoms with Crippen molar-refractivity contribution in [1.82, 2.24) is 30.6 Å². The molecule has 1 aliphatic heterocycles. The monoisotopic (exact) mass is 405 g/mol. The lowest BCUT2D eigenvalue weighted by molar-refractivity contribution is -0.125. The van der Waals surface area contributed by atoms with Crippen molar-refractivity contribution in [2.24, 2.45) is 5.92 Å². The van der Waals surface area contributed by atoms with Gasteiger partial charge >= 0.3 is 0 Å². The van der Waals surface area contributed by atoms with Gasteiger partial charge in [-0.25, -0.2) is 0 Å². The standard InChI is InChI=1S/C22H27N7O/c30-21(23-16-22(12-4-5-13-22)18-6-2-1-3-7-18)17-10-14-28(15-11-17)20-9-8-19-24-26-27-29(19)25-20/h1-3,6-9,17H,4-5,10-16H2,(H,23,30). The zero-order valence-corrected chi connectivity index (χ0v) is 17.1. The van der Waals surface area contributed by atoms with Gasteiger partial charge in [0.2, 0.25) is 5.91 Å². The van der Waals surface area contributed by atoms with Crippen molar-refractivity contribution >= 4 is 17.4 Å². The number of anilines is 1. The van der Waals surface area contributed by atoms with Crippen LogP contribution < -0.4 is 10.2 Å². The first kappa shape index (κ1) is 19.0. The minimum absolute atomic E-state index is 0.0623. The molecule has 3 heterocycles. The number of tetrazole rings is 1.